The van der Waals surface area contributed by atoms with Crippen molar-refractivity contribution in [3.8, 4) is 51.0 Å². The Morgan fingerprint density at radius 3 is 2.00 bits per heavy atom. The normalized spacial score (nSPS) is 15.3. The predicted octanol–water partition coefficient (Wildman–Crippen LogP) is 13.9. The minimum Gasteiger partial charge on any atom is -0.456 e. The van der Waals surface area contributed by atoms with Crippen LogP contribution >= 0.6 is 11.3 Å². The summed E-state index contributed by atoms with van der Waals surface area (Å²) in [5.74, 6) is -0.801. The van der Waals surface area contributed by atoms with Crippen LogP contribution in [0.1, 0.15) is 19.2 Å². The van der Waals surface area contributed by atoms with Gasteiger partial charge in [-0.15, -0.1) is 11.3 Å². The first-order chi connectivity index (χ1) is 34.1. The van der Waals surface area contributed by atoms with Gasteiger partial charge >= 0.3 is 0 Å². The second-order valence-corrected chi connectivity index (χ2v) is 14.3. The van der Waals surface area contributed by atoms with Crippen LogP contribution in [0.3, 0.4) is 0 Å². The third-order valence-electron chi connectivity index (χ3n) is 10.1. The first kappa shape index (κ1) is 21.0. The zero-order valence-electron chi connectivity index (χ0n) is 43.3. The Hall–Kier alpha value is -7.41. The van der Waals surface area contributed by atoms with Gasteiger partial charge in [-0.3, -0.25) is 4.57 Å². The fourth-order valence-corrected chi connectivity index (χ4v) is 8.83. The van der Waals surface area contributed by atoms with Gasteiger partial charge in [0.15, 0.2) is 11.6 Å². The number of fused-ring (bicyclic) bond motifs is 10. The fourth-order valence-electron chi connectivity index (χ4n) is 7.66. The molecule has 0 fully saturated rings. The highest BCUT2D eigenvalue weighted by Crippen LogP contribution is 2.47. The van der Waals surface area contributed by atoms with Gasteiger partial charge < -0.3 is 4.42 Å². The molecule has 4 aromatic heterocycles. The van der Waals surface area contributed by atoms with Crippen LogP contribution in [0.4, 0.5) is 0 Å². The van der Waals surface area contributed by atoms with Gasteiger partial charge in [0, 0.05) is 52.8 Å². The van der Waals surface area contributed by atoms with Crippen molar-refractivity contribution in [1.29, 1.82) is 0 Å². The zero-order valence-corrected chi connectivity index (χ0v) is 30.2. The van der Waals surface area contributed by atoms with Gasteiger partial charge in [0.05, 0.1) is 30.2 Å². The molecular weight excluding hydrogens is 717 g/mol. The van der Waals surface area contributed by atoms with E-state index in [2.05, 4.69) is 0 Å². The molecule has 266 valence electrons. The van der Waals surface area contributed by atoms with E-state index in [0.29, 0.717) is 27.0 Å². The van der Waals surface area contributed by atoms with Crippen molar-refractivity contribution < 1.29 is 23.6 Å². The molecule has 0 unspecified atom stereocenters. The summed E-state index contributed by atoms with van der Waals surface area (Å²) in [5.41, 5.74) is 3.43. The smallest absolute Gasteiger partial charge is 0.238 e. The number of para-hydroxylation sites is 1. The SMILES string of the molecule is [2H]c1c([2H])c([2H])c(-c2nc(-c3ccc4c(c3)oc3cccc(-c5ccccc5)c34)nc(-n3c4c([2H])c([2H])c([2H])c([2H])c4c4c5sc6c([2H])c([2H])c([2H])c([2H])c6c5c(-c5ccccc5)c([2H])c43)n2)c([2H])c1[2H]. The largest absolute Gasteiger partial charge is 0.456 e. The molecular formula is C51H30N4OS. The summed E-state index contributed by atoms with van der Waals surface area (Å²) in [6, 6.07) is 22.3. The van der Waals surface area contributed by atoms with E-state index in [1.165, 1.54) is 4.57 Å². The van der Waals surface area contributed by atoms with E-state index in [0.717, 1.165) is 33.2 Å². The lowest BCUT2D eigenvalue weighted by Gasteiger charge is -2.12. The molecule has 0 aliphatic heterocycles. The lowest BCUT2D eigenvalue weighted by molar-refractivity contribution is 0.669. The van der Waals surface area contributed by atoms with Crippen LogP contribution in [0.25, 0.3) is 115 Å². The highest BCUT2D eigenvalue weighted by molar-refractivity contribution is 7.27. The van der Waals surface area contributed by atoms with E-state index in [1.807, 2.05) is 54.6 Å². The average molecular weight is 761 g/mol. The highest BCUT2D eigenvalue weighted by atomic mass is 32.1. The number of aromatic nitrogens is 4. The molecule has 8 aromatic carbocycles. The summed E-state index contributed by atoms with van der Waals surface area (Å²) >= 11 is 0.998. The van der Waals surface area contributed by atoms with Crippen molar-refractivity contribution in [3.63, 3.8) is 0 Å². The summed E-state index contributed by atoms with van der Waals surface area (Å²) in [6.45, 7) is 0. The Balaban J connectivity index is 1.26. The molecule has 0 aliphatic rings. The topological polar surface area (TPSA) is 56.7 Å². The molecule has 4 heterocycles. The number of hydrogen-bond acceptors (Lipinski definition) is 5. The molecule has 0 amide bonds. The highest BCUT2D eigenvalue weighted by Gasteiger charge is 2.23. The first-order valence-corrected chi connectivity index (χ1v) is 18.7. The van der Waals surface area contributed by atoms with Gasteiger partial charge in [0.2, 0.25) is 5.95 Å². The molecule has 0 saturated carbocycles. The Morgan fingerprint density at radius 1 is 0.491 bits per heavy atom. The van der Waals surface area contributed by atoms with Crippen molar-refractivity contribution >= 4 is 75.3 Å². The molecule has 12 aromatic rings. The first-order valence-electron chi connectivity index (χ1n) is 24.9. The summed E-state index contributed by atoms with van der Waals surface area (Å²) in [5, 5.41) is 2.09. The van der Waals surface area contributed by atoms with Crippen LogP contribution in [-0.4, -0.2) is 19.5 Å². The average Bonchev–Trinajstić information content (AvgIpc) is 4.09. The fraction of sp³-hybridized carbons (Fsp3) is 0. The van der Waals surface area contributed by atoms with Crippen LogP contribution in [-0.2, 0) is 0 Å². The molecule has 0 spiro atoms. The van der Waals surface area contributed by atoms with Crippen molar-refractivity contribution in [2.75, 3.05) is 0 Å². The van der Waals surface area contributed by atoms with E-state index in [4.69, 9.17) is 34.4 Å². The second-order valence-electron chi connectivity index (χ2n) is 13.3. The lowest BCUT2D eigenvalue weighted by Crippen LogP contribution is -2.06. The van der Waals surface area contributed by atoms with Gasteiger partial charge in [-0.1, -0.05) is 145 Å². The number of hydrogen-bond donors (Lipinski definition) is 0. The van der Waals surface area contributed by atoms with Crippen molar-refractivity contribution in [1.82, 2.24) is 19.5 Å². The minimum atomic E-state index is -0.657. The Labute approximate surface area is 350 Å². The van der Waals surface area contributed by atoms with Crippen LogP contribution in [0.15, 0.2) is 186 Å². The molecule has 0 radical (unpaired) electrons. The summed E-state index contributed by atoms with van der Waals surface area (Å²) in [7, 11) is 0. The van der Waals surface area contributed by atoms with Crippen LogP contribution in [0.5, 0.6) is 0 Å². The monoisotopic (exact) mass is 760 g/mol. The van der Waals surface area contributed by atoms with E-state index >= 15 is 0 Å². The van der Waals surface area contributed by atoms with Crippen molar-refractivity contribution in [2.24, 2.45) is 0 Å². The maximum atomic E-state index is 10.2. The Kier molecular flexibility index (Phi) is 4.64. The summed E-state index contributed by atoms with van der Waals surface area (Å²) in [6.07, 6.45) is 0. The molecule has 5 nitrogen and oxygen atoms in total. The van der Waals surface area contributed by atoms with E-state index in [9.17, 15) is 4.11 Å². The summed E-state index contributed by atoms with van der Waals surface area (Å²) < 4.78 is 134. The maximum absolute atomic E-state index is 10.2. The van der Waals surface area contributed by atoms with Gasteiger partial charge in [0.1, 0.15) is 11.2 Å². The maximum Gasteiger partial charge on any atom is 0.238 e. The van der Waals surface area contributed by atoms with Gasteiger partial charge in [0.25, 0.3) is 0 Å². The molecule has 0 N–H and O–H groups in total. The quantitative estimate of drug-likeness (QED) is 0.175. The minimum absolute atomic E-state index is 0.0227. The van der Waals surface area contributed by atoms with Crippen LogP contribution in [0.2, 0.25) is 0 Å². The molecule has 6 heteroatoms. The van der Waals surface area contributed by atoms with Crippen molar-refractivity contribution in [2.45, 2.75) is 0 Å². The van der Waals surface area contributed by atoms with E-state index < -0.39 is 66.5 Å². The predicted molar refractivity (Wildman–Crippen MR) is 236 cm³/mol. The van der Waals surface area contributed by atoms with Crippen LogP contribution < -0.4 is 0 Å². The number of rotatable bonds is 5. The Bertz CT molecular complexity index is 4320. The third-order valence-corrected chi connectivity index (χ3v) is 11.2. The van der Waals surface area contributed by atoms with Crippen LogP contribution in [0, 0.1) is 0 Å². The van der Waals surface area contributed by atoms with Crippen molar-refractivity contribution in [3.05, 3.63) is 182 Å². The number of thiophene rings is 1. The zero-order chi connectivity index (χ0) is 49.6. The summed E-state index contributed by atoms with van der Waals surface area (Å²) in [4.78, 5) is 14.5. The van der Waals surface area contributed by atoms with E-state index in [-0.39, 0.29) is 84.1 Å². The van der Waals surface area contributed by atoms with Gasteiger partial charge in [-0.25, -0.2) is 4.98 Å². The Morgan fingerprint density at radius 2 is 1.19 bits per heavy atom. The standard InChI is InChI=1S/C51H30N4OS/c1-4-15-31(16-5-1)35-23-14-25-42-45(35)37-28-27-34(29-43(37)56-42)50-52-49(33-19-8-3-9-20-33)53-51(54-50)55-40-24-12-10-21-36(40)47-41(55)30-39(32-17-6-2-7-18-32)46-38-22-11-13-26-44(38)57-48(46)47/h1-30H/i3D,8D,9D,10D,11D,12D,13D,19D,20D,21D,22D,24D,26D,30D. The molecule has 0 saturated heterocycles. The molecule has 0 atom stereocenters. The van der Waals surface area contributed by atoms with Gasteiger partial charge in [-0.05, 0) is 58.6 Å². The molecule has 0 bridgehead atoms. The molecule has 12 rings (SSSR count). The second kappa shape index (κ2) is 12.6. The van der Waals surface area contributed by atoms with Gasteiger partial charge in [-0.2, -0.15) is 9.97 Å². The number of nitrogens with zero attached hydrogens (tertiary/aromatic N) is 4. The molecule has 0 aliphatic carbocycles. The molecule has 57 heavy (non-hydrogen) atoms. The third kappa shape index (κ3) is 4.98. The number of furan rings is 1. The van der Waals surface area contributed by atoms with E-state index in [1.54, 1.807) is 42.5 Å². The lowest BCUT2D eigenvalue weighted by atomic mass is 9.97. The number of benzene rings is 8.